The molecule has 1 saturated heterocycles. The average Bonchev–Trinajstić information content (AvgIpc) is 3.48. The van der Waals surface area contributed by atoms with Crippen molar-refractivity contribution in [2.45, 2.75) is 57.2 Å². The Morgan fingerprint density at radius 1 is 1.08 bits per heavy atom. The summed E-state index contributed by atoms with van der Waals surface area (Å²) in [6.45, 7) is 0.237. The zero-order valence-corrected chi connectivity index (χ0v) is 22.5. The SMILES string of the molecule is O=C(Cn1nc(C(F)(F)F)cc1C(F)(F)F)N1CCC(c2nc(C3OCc4cccc(Br)c4CO3)cs2)CC1. The molecule has 1 unspecified atom stereocenters. The number of carbonyl (C=O) groups is 1. The number of alkyl halides is 6. The van der Waals surface area contributed by atoms with Gasteiger partial charge in [-0.2, -0.15) is 31.4 Å². The summed E-state index contributed by atoms with van der Waals surface area (Å²) in [6, 6.07) is 5.75. The zero-order valence-electron chi connectivity index (χ0n) is 20.1. The number of ether oxygens (including phenoxy) is 2. The number of halogens is 7. The Morgan fingerprint density at radius 3 is 2.49 bits per heavy atom. The maximum Gasteiger partial charge on any atom is 0.435 e. The smallest absolute Gasteiger partial charge is 0.342 e. The van der Waals surface area contributed by atoms with E-state index in [0.717, 1.165) is 20.6 Å². The zero-order chi connectivity index (χ0) is 27.9. The van der Waals surface area contributed by atoms with Gasteiger partial charge in [-0.25, -0.2) is 4.98 Å². The van der Waals surface area contributed by atoms with E-state index in [0.29, 0.717) is 31.7 Å². The molecule has 0 N–H and O–H groups in total. The van der Waals surface area contributed by atoms with E-state index in [4.69, 9.17) is 14.5 Å². The fourth-order valence-electron chi connectivity index (χ4n) is 4.55. The summed E-state index contributed by atoms with van der Waals surface area (Å²) in [5.41, 5.74) is -0.645. The van der Waals surface area contributed by atoms with Crippen molar-refractivity contribution in [2.24, 2.45) is 0 Å². The van der Waals surface area contributed by atoms with Crippen LogP contribution in [-0.2, 0) is 46.4 Å². The number of fused-ring (bicyclic) bond motifs is 1. The first-order valence-corrected chi connectivity index (χ1v) is 13.5. The van der Waals surface area contributed by atoms with Crippen LogP contribution in [0.1, 0.15) is 58.3 Å². The maximum absolute atomic E-state index is 13.2. The molecule has 1 fully saturated rings. The number of rotatable bonds is 4. The number of benzene rings is 1. The fraction of sp³-hybridized carbons (Fsp3) is 0.458. The van der Waals surface area contributed by atoms with E-state index in [9.17, 15) is 31.1 Å². The summed E-state index contributed by atoms with van der Waals surface area (Å²) in [6.07, 6.45) is -9.79. The third kappa shape index (κ3) is 6.15. The molecule has 2 aliphatic heterocycles. The third-order valence-electron chi connectivity index (χ3n) is 6.61. The van der Waals surface area contributed by atoms with Crippen molar-refractivity contribution < 1.29 is 40.6 Å². The Balaban J connectivity index is 1.19. The molecule has 15 heteroatoms. The van der Waals surface area contributed by atoms with E-state index in [1.54, 1.807) is 0 Å². The van der Waals surface area contributed by atoms with Crippen molar-refractivity contribution in [3.8, 4) is 0 Å². The summed E-state index contributed by atoms with van der Waals surface area (Å²) >= 11 is 4.96. The predicted molar refractivity (Wildman–Crippen MR) is 129 cm³/mol. The first kappa shape index (κ1) is 28.1. The van der Waals surface area contributed by atoms with Crippen LogP contribution in [0.15, 0.2) is 34.1 Å². The molecule has 0 saturated carbocycles. The molecule has 39 heavy (non-hydrogen) atoms. The molecule has 210 valence electrons. The Bertz CT molecular complexity index is 1350. The quantitative estimate of drug-likeness (QED) is 0.314. The first-order chi connectivity index (χ1) is 18.4. The number of aromatic nitrogens is 3. The van der Waals surface area contributed by atoms with Crippen molar-refractivity contribution in [1.29, 1.82) is 0 Å². The number of likely N-dealkylation sites (tertiary alicyclic amines) is 1. The number of hydrogen-bond donors (Lipinski definition) is 0. The molecular formula is C24H21BrF6N4O3S. The highest BCUT2D eigenvalue weighted by Crippen LogP contribution is 2.37. The van der Waals surface area contributed by atoms with E-state index in [2.05, 4.69) is 21.0 Å². The van der Waals surface area contributed by atoms with Gasteiger partial charge in [0, 0.05) is 34.9 Å². The van der Waals surface area contributed by atoms with Gasteiger partial charge in [-0.1, -0.05) is 28.1 Å². The molecule has 0 aliphatic carbocycles. The van der Waals surface area contributed by atoms with Crippen LogP contribution in [0.4, 0.5) is 26.3 Å². The molecule has 1 aromatic carbocycles. The summed E-state index contributed by atoms with van der Waals surface area (Å²) in [7, 11) is 0. The van der Waals surface area contributed by atoms with Crippen LogP contribution in [0.25, 0.3) is 0 Å². The number of hydrogen-bond acceptors (Lipinski definition) is 6. The van der Waals surface area contributed by atoms with Crippen LogP contribution in [0, 0.1) is 0 Å². The summed E-state index contributed by atoms with van der Waals surface area (Å²) < 4.78 is 91.4. The number of thiazole rings is 1. The molecule has 1 atom stereocenters. The third-order valence-corrected chi connectivity index (χ3v) is 8.38. The normalized spacial score (nSPS) is 19.2. The molecule has 3 aromatic rings. The van der Waals surface area contributed by atoms with E-state index in [1.807, 2.05) is 23.6 Å². The van der Waals surface area contributed by atoms with Gasteiger partial charge in [0.05, 0.1) is 18.2 Å². The Labute approximate surface area is 230 Å². The molecule has 0 spiro atoms. The maximum atomic E-state index is 13.2. The molecular weight excluding hydrogens is 618 g/mol. The second-order valence-electron chi connectivity index (χ2n) is 9.17. The summed E-state index contributed by atoms with van der Waals surface area (Å²) in [4.78, 5) is 18.7. The highest BCUT2D eigenvalue weighted by Gasteiger charge is 2.42. The van der Waals surface area contributed by atoms with Crippen LogP contribution in [0.3, 0.4) is 0 Å². The van der Waals surface area contributed by atoms with Crippen molar-refractivity contribution in [1.82, 2.24) is 19.7 Å². The topological polar surface area (TPSA) is 69.5 Å². The minimum absolute atomic E-state index is 0.0113. The largest absolute Gasteiger partial charge is 0.435 e. The fourth-order valence-corrected chi connectivity index (χ4v) is 6.06. The van der Waals surface area contributed by atoms with Gasteiger partial charge in [0.25, 0.3) is 0 Å². The predicted octanol–water partition coefficient (Wildman–Crippen LogP) is 6.29. The lowest BCUT2D eigenvalue weighted by atomic mass is 9.97. The number of amides is 1. The van der Waals surface area contributed by atoms with Crippen LogP contribution in [0.5, 0.6) is 0 Å². The first-order valence-electron chi connectivity index (χ1n) is 11.8. The van der Waals surface area contributed by atoms with Crippen molar-refractivity contribution >= 4 is 33.2 Å². The highest BCUT2D eigenvalue weighted by molar-refractivity contribution is 9.10. The monoisotopic (exact) mass is 638 g/mol. The van der Waals surface area contributed by atoms with E-state index < -0.39 is 42.5 Å². The van der Waals surface area contributed by atoms with Crippen LogP contribution < -0.4 is 0 Å². The van der Waals surface area contributed by atoms with Gasteiger partial charge in [-0.15, -0.1) is 11.3 Å². The second-order valence-corrected chi connectivity index (χ2v) is 10.9. The van der Waals surface area contributed by atoms with E-state index >= 15 is 0 Å². The van der Waals surface area contributed by atoms with E-state index in [1.165, 1.54) is 16.2 Å². The van der Waals surface area contributed by atoms with Crippen LogP contribution in [-0.4, -0.2) is 38.7 Å². The lowest BCUT2D eigenvalue weighted by Crippen LogP contribution is -2.40. The molecule has 4 heterocycles. The number of carbonyl (C=O) groups excluding carboxylic acids is 1. The minimum atomic E-state index is -5.09. The van der Waals surface area contributed by atoms with Crippen LogP contribution in [0.2, 0.25) is 0 Å². The van der Waals surface area contributed by atoms with Crippen molar-refractivity contribution in [2.75, 3.05) is 13.1 Å². The van der Waals surface area contributed by atoms with Gasteiger partial charge < -0.3 is 14.4 Å². The number of piperidine rings is 1. The highest BCUT2D eigenvalue weighted by atomic mass is 79.9. The van der Waals surface area contributed by atoms with Gasteiger partial charge in [-0.05, 0) is 30.0 Å². The Morgan fingerprint density at radius 2 is 1.79 bits per heavy atom. The van der Waals surface area contributed by atoms with Gasteiger partial charge in [-0.3, -0.25) is 9.48 Å². The van der Waals surface area contributed by atoms with Gasteiger partial charge >= 0.3 is 12.4 Å². The van der Waals surface area contributed by atoms with Gasteiger partial charge in [0.15, 0.2) is 5.69 Å². The molecule has 0 radical (unpaired) electrons. The van der Waals surface area contributed by atoms with Gasteiger partial charge in [0.1, 0.15) is 17.9 Å². The lowest BCUT2D eigenvalue weighted by molar-refractivity contribution is -0.155. The minimum Gasteiger partial charge on any atom is -0.342 e. The standard InChI is InChI=1S/C24H21BrF6N4O3S/c25-16-3-1-2-14-10-37-22(38-11-15(14)16)17-12-39-21(32-17)13-4-6-34(7-5-13)20(36)9-35-19(24(29,30)31)8-18(33-35)23(26,27)28/h1-3,8,12-13,22H,4-7,9-11H2. The van der Waals surface area contributed by atoms with Crippen molar-refractivity contribution in [3.63, 3.8) is 0 Å². The summed E-state index contributed by atoms with van der Waals surface area (Å²) in [5.74, 6) is -0.723. The summed E-state index contributed by atoms with van der Waals surface area (Å²) in [5, 5.41) is 5.69. The molecule has 7 nitrogen and oxygen atoms in total. The Hall–Kier alpha value is -2.49. The number of nitrogens with zero attached hydrogens (tertiary/aromatic N) is 4. The molecule has 2 aromatic heterocycles. The van der Waals surface area contributed by atoms with E-state index in [-0.39, 0.29) is 29.8 Å². The molecule has 1 amide bonds. The average molecular weight is 639 g/mol. The van der Waals surface area contributed by atoms with Crippen molar-refractivity contribution in [3.05, 3.63) is 67.3 Å². The van der Waals surface area contributed by atoms with Crippen LogP contribution >= 0.6 is 27.3 Å². The lowest BCUT2D eigenvalue weighted by Gasteiger charge is -2.31. The molecule has 2 aliphatic rings. The Kier molecular flexibility index (Phi) is 7.79. The second kappa shape index (κ2) is 10.8. The molecule has 0 bridgehead atoms. The van der Waals surface area contributed by atoms with Gasteiger partial charge in [0.2, 0.25) is 12.2 Å². The molecule has 5 rings (SSSR count).